The molecule has 0 atom stereocenters. The summed E-state index contributed by atoms with van der Waals surface area (Å²) in [6.07, 6.45) is 0. The molecule has 0 spiro atoms. The topological polar surface area (TPSA) is 44.4 Å². The standard InChI is InChI=1S/C13H18ClN3O.ClH/c1-9-3-4-10(5-12(9)14)16-13(18)8-17(2)11-6-15-7-11;/h3-5,11,15H,6-8H2,1-2H3,(H,16,18);1H. The van der Waals surface area contributed by atoms with Gasteiger partial charge in [-0.1, -0.05) is 17.7 Å². The first-order chi connectivity index (χ1) is 8.56. The maximum Gasteiger partial charge on any atom is 0.238 e. The van der Waals surface area contributed by atoms with Gasteiger partial charge in [0.1, 0.15) is 0 Å². The van der Waals surface area contributed by atoms with Gasteiger partial charge in [-0.3, -0.25) is 9.69 Å². The molecule has 106 valence electrons. The molecule has 19 heavy (non-hydrogen) atoms. The minimum atomic E-state index is -0.00989. The lowest BCUT2D eigenvalue weighted by molar-refractivity contribution is -0.117. The van der Waals surface area contributed by atoms with Crippen LogP contribution in [0, 0.1) is 6.92 Å². The lowest BCUT2D eigenvalue weighted by atomic mass is 10.1. The minimum absolute atomic E-state index is 0. The van der Waals surface area contributed by atoms with E-state index in [0.717, 1.165) is 24.3 Å². The third kappa shape index (κ3) is 4.35. The summed E-state index contributed by atoms with van der Waals surface area (Å²) >= 11 is 6.02. The quantitative estimate of drug-likeness (QED) is 0.893. The normalized spacial score (nSPS) is 14.7. The van der Waals surface area contributed by atoms with Crippen LogP contribution in [0.25, 0.3) is 0 Å². The van der Waals surface area contributed by atoms with Gasteiger partial charge in [0.15, 0.2) is 0 Å². The summed E-state index contributed by atoms with van der Waals surface area (Å²) in [5, 5.41) is 6.72. The largest absolute Gasteiger partial charge is 0.325 e. The van der Waals surface area contributed by atoms with Gasteiger partial charge < -0.3 is 10.6 Å². The van der Waals surface area contributed by atoms with E-state index in [1.807, 2.05) is 26.1 Å². The second-order valence-corrected chi connectivity index (χ2v) is 5.15. The van der Waals surface area contributed by atoms with Crippen molar-refractivity contribution >= 4 is 35.6 Å². The van der Waals surface area contributed by atoms with Crippen molar-refractivity contribution in [1.82, 2.24) is 10.2 Å². The minimum Gasteiger partial charge on any atom is -0.325 e. The molecule has 0 unspecified atom stereocenters. The summed E-state index contributed by atoms with van der Waals surface area (Å²) in [5.41, 5.74) is 1.75. The molecule has 0 aromatic heterocycles. The van der Waals surface area contributed by atoms with E-state index in [1.165, 1.54) is 0 Å². The second kappa shape index (κ2) is 7.10. The molecule has 1 aliphatic rings. The van der Waals surface area contributed by atoms with Crippen LogP contribution in [-0.4, -0.2) is 43.5 Å². The molecule has 1 heterocycles. The molecule has 1 fully saturated rings. The number of aryl methyl sites for hydroxylation is 1. The Morgan fingerprint density at radius 1 is 1.53 bits per heavy atom. The highest BCUT2D eigenvalue weighted by molar-refractivity contribution is 6.31. The molecule has 2 rings (SSSR count). The summed E-state index contributed by atoms with van der Waals surface area (Å²) in [6, 6.07) is 6.01. The van der Waals surface area contributed by atoms with Gasteiger partial charge in [-0.15, -0.1) is 12.4 Å². The molecule has 1 aromatic carbocycles. The zero-order chi connectivity index (χ0) is 13.1. The number of hydrogen-bond acceptors (Lipinski definition) is 3. The second-order valence-electron chi connectivity index (χ2n) is 4.74. The molecular formula is C13H19Cl2N3O. The van der Waals surface area contributed by atoms with Gasteiger partial charge >= 0.3 is 0 Å². The van der Waals surface area contributed by atoms with Gasteiger partial charge in [-0.2, -0.15) is 0 Å². The van der Waals surface area contributed by atoms with E-state index < -0.39 is 0 Å². The highest BCUT2D eigenvalue weighted by atomic mass is 35.5. The predicted molar refractivity (Wildman–Crippen MR) is 81.4 cm³/mol. The molecule has 1 aromatic rings. The van der Waals surface area contributed by atoms with Gasteiger partial charge in [0.05, 0.1) is 6.54 Å². The van der Waals surface area contributed by atoms with E-state index in [-0.39, 0.29) is 18.3 Å². The van der Waals surface area contributed by atoms with Crippen LogP contribution in [0.5, 0.6) is 0 Å². The smallest absolute Gasteiger partial charge is 0.238 e. The Balaban J connectivity index is 0.00000180. The fourth-order valence-corrected chi connectivity index (χ4v) is 1.99. The number of nitrogens with zero attached hydrogens (tertiary/aromatic N) is 1. The number of benzene rings is 1. The molecule has 4 nitrogen and oxygen atoms in total. The zero-order valence-corrected chi connectivity index (χ0v) is 12.6. The summed E-state index contributed by atoms with van der Waals surface area (Å²) in [5.74, 6) is -0.00989. The number of hydrogen-bond donors (Lipinski definition) is 2. The van der Waals surface area contributed by atoms with E-state index in [4.69, 9.17) is 11.6 Å². The monoisotopic (exact) mass is 303 g/mol. The van der Waals surface area contributed by atoms with E-state index >= 15 is 0 Å². The lowest BCUT2D eigenvalue weighted by Crippen LogP contribution is -2.57. The van der Waals surface area contributed by atoms with Crippen LogP contribution in [0.15, 0.2) is 18.2 Å². The summed E-state index contributed by atoms with van der Waals surface area (Å²) in [4.78, 5) is 13.9. The SMILES string of the molecule is Cc1ccc(NC(=O)CN(C)C2CNC2)cc1Cl.Cl. The Hall–Kier alpha value is -0.810. The summed E-state index contributed by atoms with van der Waals surface area (Å²) in [6.45, 7) is 4.25. The zero-order valence-electron chi connectivity index (χ0n) is 11.1. The van der Waals surface area contributed by atoms with Crippen LogP contribution in [0.4, 0.5) is 5.69 Å². The Bertz CT molecular complexity index is 450. The van der Waals surface area contributed by atoms with Crippen LogP contribution in [0.1, 0.15) is 5.56 Å². The molecule has 1 amide bonds. The van der Waals surface area contributed by atoms with Crippen molar-refractivity contribution in [2.24, 2.45) is 0 Å². The molecule has 0 radical (unpaired) electrons. The fourth-order valence-electron chi connectivity index (χ4n) is 1.81. The Morgan fingerprint density at radius 2 is 2.21 bits per heavy atom. The number of anilines is 1. The van der Waals surface area contributed by atoms with E-state index in [1.54, 1.807) is 6.07 Å². The van der Waals surface area contributed by atoms with Crippen molar-refractivity contribution in [2.75, 3.05) is 32.0 Å². The van der Waals surface area contributed by atoms with Crippen LogP contribution in [0.3, 0.4) is 0 Å². The average Bonchev–Trinajstić information content (AvgIpc) is 2.20. The number of carbonyl (C=O) groups excluding carboxylic acids is 1. The van der Waals surface area contributed by atoms with Crippen LogP contribution < -0.4 is 10.6 Å². The van der Waals surface area contributed by atoms with Gasteiger partial charge in [0.2, 0.25) is 5.91 Å². The average molecular weight is 304 g/mol. The maximum absolute atomic E-state index is 11.8. The molecule has 6 heteroatoms. The first-order valence-electron chi connectivity index (χ1n) is 6.03. The van der Waals surface area contributed by atoms with Gasteiger partial charge in [-0.25, -0.2) is 0 Å². The third-order valence-corrected chi connectivity index (χ3v) is 3.64. The lowest BCUT2D eigenvalue weighted by Gasteiger charge is -2.35. The third-order valence-electron chi connectivity index (χ3n) is 3.23. The molecule has 0 bridgehead atoms. The summed E-state index contributed by atoms with van der Waals surface area (Å²) in [7, 11) is 1.97. The molecule has 0 saturated carbocycles. The Morgan fingerprint density at radius 3 is 2.74 bits per heavy atom. The number of carbonyl (C=O) groups is 1. The number of nitrogens with one attached hydrogen (secondary N) is 2. The number of amides is 1. The molecule has 0 aliphatic carbocycles. The van der Waals surface area contributed by atoms with Crippen molar-refractivity contribution < 1.29 is 4.79 Å². The van der Waals surface area contributed by atoms with Gasteiger partial charge in [0.25, 0.3) is 0 Å². The fraction of sp³-hybridized carbons (Fsp3) is 0.462. The Labute approximate surface area is 124 Å². The maximum atomic E-state index is 11.8. The number of rotatable bonds is 4. The van der Waals surface area contributed by atoms with E-state index in [2.05, 4.69) is 15.5 Å². The van der Waals surface area contributed by atoms with E-state index in [9.17, 15) is 4.79 Å². The first-order valence-corrected chi connectivity index (χ1v) is 6.41. The van der Waals surface area contributed by atoms with Gasteiger partial charge in [-0.05, 0) is 31.7 Å². The van der Waals surface area contributed by atoms with Crippen molar-refractivity contribution in [3.05, 3.63) is 28.8 Å². The highest BCUT2D eigenvalue weighted by Crippen LogP contribution is 2.19. The van der Waals surface area contributed by atoms with Crippen LogP contribution in [0.2, 0.25) is 5.02 Å². The van der Waals surface area contributed by atoms with Crippen LogP contribution >= 0.6 is 24.0 Å². The number of halogens is 2. The van der Waals surface area contributed by atoms with Crippen molar-refractivity contribution in [3.8, 4) is 0 Å². The molecule has 1 aliphatic heterocycles. The predicted octanol–water partition coefficient (Wildman–Crippen LogP) is 1.91. The van der Waals surface area contributed by atoms with E-state index in [0.29, 0.717) is 17.6 Å². The molecule has 1 saturated heterocycles. The first kappa shape index (κ1) is 16.2. The van der Waals surface area contributed by atoms with Crippen molar-refractivity contribution in [1.29, 1.82) is 0 Å². The highest BCUT2D eigenvalue weighted by Gasteiger charge is 2.22. The summed E-state index contributed by atoms with van der Waals surface area (Å²) < 4.78 is 0. The van der Waals surface area contributed by atoms with Crippen molar-refractivity contribution in [3.63, 3.8) is 0 Å². The molecular weight excluding hydrogens is 285 g/mol. The number of likely N-dealkylation sites (N-methyl/N-ethyl adjacent to an activating group) is 1. The van der Waals surface area contributed by atoms with Crippen LogP contribution in [-0.2, 0) is 4.79 Å². The van der Waals surface area contributed by atoms with Gasteiger partial charge in [0, 0.05) is 29.8 Å². The molecule has 2 N–H and O–H groups in total. The Kier molecular flexibility index (Phi) is 6.07. The van der Waals surface area contributed by atoms with Crippen molar-refractivity contribution in [2.45, 2.75) is 13.0 Å².